The summed E-state index contributed by atoms with van der Waals surface area (Å²) in [5, 5.41) is 15.2. The second-order valence-corrected chi connectivity index (χ2v) is 17.0. The van der Waals surface area contributed by atoms with Crippen LogP contribution >= 0.6 is 0 Å². The lowest BCUT2D eigenvalue weighted by atomic mass is 9.86. The van der Waals surface area contributed by atoms with Crippen LogP contribution in [0.5, 0.6) is 5.75 Å². The Hall–Kier alpha value is -5.66. The molecule has 2 saturated heterocycles. The molecule has 0 spiro atoms. The Labute approximate surface area is 374 Å². The number of aromatic nitrogens is 2. The van der Waals surface area contributed by atoms with Gasteiger partial charge < -0.3 is 29.2 Å². The molecule has 3 aromatic carbocycles. The van der Waals surface area contributed by atoms with Crippen molar-refractivity contribution in [3.05, 3.63) is 101 Å². The average Bonchev–Trinajstić information content (AvgIpc) is 3.77. The number of halogens is 3. The quantitative estimate of drug-likeness (QED) is 0.0886. The van der Waals surface area contributed by atoms with Crippen molar-refractivity contribution in [3.8, 4) is 5.75 Å². The van der Waals surface area contributed by atoms with Gasteiger partial charge in [0.2, 0.25) is 11.9 Å². The van der Waals surface area contributed by atoms with Gasteiger partial charge in [-0.25, -0.2) is 4.98 Å². The predicted molar refractivity (Wildman–Crippen MR) is 233 cm³/mol. The molecule has 3 N–H and O–H groups in total. The molecular weight excluding hydrogens is 848 g/mol. The number of nitrogens with zero attached hydrogens (tertiary/aromatic N) is 5. The Morgan fingerprint density at radius 3 is 2.31 bits per heavy atom. The topological polar surface area (TPSA) is 168 Å². The summed E-state index contributed by atoms with van der Waals surface area (Å²) >= 11 is 0. The van der Waals surface area contributed by atoms with Crippen LogP contribution in [0.3, 0.4) is 0 Å². The van der Waals surface area contributed by atoms with Gasteiger partial charge in [-0.15, -0.1) is 0 Å². The van der Waals surface area contributed by atoms with Crippen LogP contribution in [0.15, 0.2) is 72.9 Å². The molecule has 346 valence electrons. The molecule has 1 aliphatic carbocycles. The number of anilines is 1. The molecule has 0 radical (unpaired) electrons. The van der Waals surface area contributed by atoms with Gasteiger partial charge in [0, 0.05) is 63.2 Å². The summed E-state index contributed by atoms with van der Waals surface area (Å²) < 4.78 is 59.5. The average molecular weight is 902 g/mol. The Bertz CT molecular complexity index is 2410. The van der Waals surface area contributed by atoms with E-state index in [9.17, 15) is 37.5 Å². The Kier molecular flexibility index (Phi) is 14.3. The number of nitrogens with one attached hydrogen (secondary N) is 2. The third-order valence-corrected chi connectivity index (χ3v) is 12.7. The van der Waals surface area contributed by atoms with Crippen LogP contribution in [-0.2, 0) is 27.0 Å². The van der Waals surface area contributed by atoms with Crippen LogP contribution in [0, 0.1) is 5.92 Å². The second-order valence-electron chi connectivity index (χ2n) is 17.0. The highest BCUT2D eigenvalue weighted by atomic mass is 19.4. The number of allylic oxidation sites excluding steroid dienone is 1. The number of piperidine rings is 1. The fourth-order valence-electron chi connectivity index (χ4n) is 9.08. The highest BCUT2D eigenvalue weighted by molar-refractivity contribution is 6.23. The summed E-state index contributed by atoms with van der Waals surface area (Å²) in [6, 6.07) is 14.3. The number of alkyl halides is 3. The van der Waals surface area contributed by atoms with E-state index in [-0.39, 0.29) is 41.9 Å². The number of imide groups is 1. The van der Waals surface area contributed by atoms with Crippen molar-refractivity contribution < 1.29 is 51.7 Å². The number of rotatable bonds is 17. The minimum Gasteiger partial charge on any atom is -0.491 e. The van der Waals surface area contributed by atoms with Crippen molar-refractivity contribution in [2.24, 2.45) is 5.92 Å². The molecule has 65 heavy (non-hydrogen) atoms. The molecule has 4 amide bonds. The lowest BCUT2D eigenvalue weighted by Crippen LogP contribution is -2.51. The number of aliphatic hydroxyl groups excluding tert-OH is 1. The van der Waals surface area contributed by atoms with Gasteiger partial charge in [-0.1, -0.05) is 18.7 Å². The van der Waals surface area contributed by atoms with E-state index in [0.29, 0.717) is 68.7 Å². The van der Waals surface area contributed by atoms with Gasteiger partial charge in [0.1, 0.15) is 18.4 Å². The lowest BCUT2D eigenvalue weighted by molar-refractivity contribution is -0.137. The van der Waals surface area contributed by atoms with E-state index in [1.807, 2.05) is 16.7 Å². The SMILES string of the molecule is C=C1CCC(N2C(=O)c3ccc(OCCOCCOCCN4CCN(Cc5ccc6c(c5)nc(NC(=O)c5cccc(C(F)(F)F)c5)n6C5CCC(CO)CC5)CC4)cc3C2=O)C(=O)N1. The zero-order valence-electron chi connectivity index (χ0n) is 36.1. The number of piperazine rings is 1. The number of ether oxygens (including phenoxy) is 3. The molecule has 4 aromatic rings. The van der Waals surface area contributed by atoms with Gasteiger partial charge in [-0.05, 0) is 98.5 Å². The van der Waals surface area contributed by atoms with Crippen molar-refractivity contribution in [1.29, 1.82) is 0 Å². The fourth-order valence-corrected chi connectivity index (χ4v) is 9.08. The first kappa shape index (κ1) is 45.9. The summed E-state index contributed by atoms with van der Waals surface area (Å²) in [5.41, 5.74) is 2.61. The standard InChI is InChI=1S/C47H54F3N7O8/c1-30-5-13-41(43(60)51-30)57-44(61)37-12-11-36(27-38(37)45(57)62)65-24-23-64-22-21-63-20-19-54-15-17-55(18-16-54)28-32-8-14-40-39(25-32)52-46(56(40)35-9-6-31(29-58)7-10-35)53-42(59)33-3-2-4-34(26-33)47(48,49)50/h2-4,8,11-12,14,25-27,31,35,41,58H,1,5-7,9-10,13,15-24,28-29H2,(H,51,60)(H,52,53,59). The molecular formula is C47H54F3N7O8. The smallest absolute Gasteiger partial charge is 0.416 e. The Balaban J connectivity index is 0.751. The highest BCUT2D eigenvalue weighted by Gasteiger charge is 2.44. The minimum atomic E-state index is -4.58. The van der Waals surface area contributed by atoms with Gasteiger partial charge >= 0.3 is 6.18 Å². The van der Waals surface area contributed by atoms with E-state index in [0.717, 1.165) is 86.5 Å². The van der Waals surface area contributed by atoms with Crippen LogP contribution in [0.25, 0.3) is 11.0 Å². The minimum absolute atomic E-state index is 0.0110. The predicted octanol–water partition coefficient (Wildman–Crippen LogP) is 5.65. The van der Waals surface area contributed by atoms with Crippen molar-refractivity contribution in [2.75, 3.05) is 77.7 Å². The van der Waals surface area contributed by atoms with Gasteiger partial charge in [0.05, 0.1) is 54.2 Å². The third kappa shape index (κ3) is 10.7. The van der Waals surface area contributed by atoms with E-state index in [2.05, 4.69) is 33.1 Å². The number of fused-ring (bicyclic) bond motifs is 2. The third-order valence-electron chi connectivity index (χ3n) is 12.7. The number of carbonyl (C=O) groups is 4. The molecule has 1 aromatic heterocycles. The van der Waals surface area contributed by atoms with Gasteiger partial charge in [0.15, 0.2) is 0 Å². The molecule has 3 aliphatic heterocycles. The summed E-state index contributed by atoms with van der Waals surface area (Å²) in [4.78, 5) is 62.4. The zero-order valence-corrected chi connectivity index (χ0v) is 36.1. The van der Waals surface area contributed by atoms with E-state index in [1.165, 1.54) is 18.2 Å². The molecule has 1 unspecified atom stereocenters. The maximum Gasteiger partial charge on any atom is 0.416 e. The van der Waals surface area contributed by atoms with E-state index in [4.69, 9.17) is 19.2 Å². The maximum atomic E-state index is 13.4. The number of hydrogen-bond donors (Lipinski definition) is 3. The molecule has 8 rings (SSSR count). The van der Waals surface area contributed by atoms with Gasteiger partial charge in [-0.3, -0.25) is 39.2 Å². The molecule has 3 fully saturated rings. The van der Waals surface area contributed by atoms with Gasteiger partial charge in [0.25, 0.3) is 17.7 Å². The molecule has 15 nitrogen and oxygen atoms in total. The van der Waals surface area contributed by atoms with Crippen molar-refractivity contribution in [1.82, 2.24) is 29.6 Å². The maximum absolute atomic E-state index is 13.4. The molecule has 1 saturated carbocycles. The molecule has 4 heterocycles. The first-order valence-electron chi connectivity index (χ1n) is 22.2. The number of aliphatic hydroxyl groups is 1. The van der Waals surface area contributed by atoms with Crippen molar-refractivity contribution in [2.45, 2.75) is 63.3 Å². The molecule has 0 bridgehead atoms. The van der Waals surface area contributed by atoms with Crippen LogP contribution in [0.2, 0.25) is 0 Å². The molecule has 4 aliphatic rings. The number of amides is 4. The lowest BCUT2D eigenvalue weighted by Gasteiger charge is -2.34. The van der Waals surface area contributed by atoms with Crippen LogP contribution in [0.1, 0.15) is 86.8 Å². The number of imidazole rings is 1. The Morgan fingerprint density at radius 2 is 1.57 bits per heavy atom. The zero-order chi connectivity index (χ0) is 45.7. The fraction of sp³-hybridized carbons (Fsp3) is 0.468. The van der Waals surface area contributed by atoms with Crippen LogP contribution < -0.4 is 15.4 Å². The van der Waals surface area contributed by atoms with Gasteiger partial charge in [-0.2, -0.15) is 13.2 Å². The summed E-state index contributed by atoms with van der Waals surface area (Å²) in [7, 11) is 0. The van der Waals surface area contributed by atoms with E-state index < -0.39 is 41.4 Å². The number of carbonyl (C=O) groups excluding carboxylic acids is 4. The first-order chi connectivity index (χ1) is 31.4. The normalized spacial score (nSPS) is 20.9. The largest absolute Gasteiger partial charge is 0.491 e. The van der Waals surface area contributed by atoms with Crippen LogP contribution in [0.4, 0.5) is 19.1 Å². The summed E-state index contributed by atoms with van der Waals surface area (Å²) in [6.07, 6.45) is -0.551. The Morgan fingerprint density at radius 1 is 0.846 bits per heavy atom. The number of benzene rings is 3. The van der Waals surface area contributed by atoms with E-state index >= 15 is 0 Å². The monoisotopic (exact) mass is 901 g/mol. The summed E-state index contributed by atoms with van der Waals surface area (Å²) in [5.74, 6) is -1.16. The highest BCUT2D eigenvalue weighted by Crippen LogP contribution is 2.38. The second kappa shape index (κ2) is 20.2. The first-order valence-corrected chi connectivity index (χ1v) is 22.2. The van der Waals surface area contributed by atoms with Crippen LogP contribution in [-0.4, -0.2) is 131 Å². The summed E-state index contributed by atoms with van der Waals surface area (Å²) in [6.45, 7) is 10.8. The molecule has 1 atom stereocenters. The van der Waals surface area contributed by atoms with E-state index in [1.54, 1.807) is 12.1 Å². The number of hydrogen-bond acceptors (Lipinski definition) is 11. The van der Waals surface area contributed by atoms with Crippen molar-refractivity contribution in [3.63, 3.8) is 0 Å². The molecule has 18 heteroatoms. The van der Waals surface area contributed by atoms with Crippen molar-refractivity contribution >= 4 is 40.6 Å².